The molecule has 0 radical (unpaired) electrons. The topological polar surface area (TPSA) is 55.8 Å². The highest BCUT2D eigenvalue weighted by Gasteiger charge is 2.41. The molecule has 0 bridgehead atoms. The third-order valence-electron chi connectivity index (χ3n) is 2.03. The van der Waals surface area contributed by atoms with Crippen molar-refractivity contribution in [1.82, 2.24) is 4.67 Å². The number of rotatable bonds is 5. The molecule has 6 heteroatoms. The molecule has 0 aromatic heterocycles. The standard InChI is InChI=1S/C10H20NO4P/c1-8(2)14-16(13,15-9(3)4)11-7-5-6-10(11)12/h8-9H,5-7H2,1-4H3. The lowest BCUT2D eigenvalue weighted by molar-refractivity contribution is -0.125. The maximum absolute atomic E-state index is 12.5. The molecule has 1 amide bonds. The van der Waals surface area contributed by atoms with Crippen LogP contribution in [0.3, 0.4) is 0 Å². The van der Waals surface area contributed by atoms with E-state index < -0.39 is 7.75 Å². The van der Waals surface area contributed by atoms with Crippen molar-refractivity contribution < 1.29 is 18.4 Å². The van der Waals surface area contributed by atoms with Gasteiger partial charge in [-0.25, -0.2) is 9.24 Å². The number of hydrogen-bond donors (Lipinski definition) is 0. The second-order valence-corrected chi connectivity index (χ2v) is 6.24. The number of carbonyl (C=O) groups excluding carboxylic acids is 1. The van der Waals surface area contributed by atoms with Gasteiger partial charge in [-0.3, -0.25) is 13.8 Å². The molecule has 0 aromatic rings. The van der Waals surface area contributed by atoms with E-state index in [4.69, 9.17) is 9.05 Å². The van der Waals surface area contributed by atoms with E-state index in [0.29, 0.717) is 19.4 Å². The van der Waals surface area contributed by atoms with Gasteiger partial charge in [-0.15, -0.1) is 0 Å². The van der Waals surface area contributed by atoms with Crippen LogP contribution >= 0.6 is 7.75 Å². The molecule has 1 rings (SSSR count). The summed E-state index contributed by atoms with van der Waals surface area (Å²) in [5, 5.41) is 0. The Kier molecular flexibility index (Phi) is 4.53. The molecule has 1 saturated heterocycles. The smallest absolute Gasteiger partial charge is 0.289 e. The van der Waals surface area contributed by atoms with Crippen molar-refractivity contribution in [2.24, 2.45) is 0 Å². The van der Waals surface area contributed by atoms with Crippen LogP contribution in [-0.4, -0.2) is 29.3 Å². The number of amides is 1. The average Bonchev–Trinajstić information content (AvgIpc) is 2.48. The minimum atomic E-state index is -3.45. The second kappa shape index (κ2) is 5.30. The van der Waals surface area contributed by atoms with E-state index in [2.05, 4.69) is 0 Å². The molecule has 0 aliphatic carbocycles. The van der Waals surface area contributed by atoms with Crippen LogP contribution in [0.2, 0.25) is 0 Å². The van der Waals surface area contributed by atoms with Gasteiger partial charge in [0, 0.05) is 13.0 Å². The van der Waals surface area contributed by atoms with Crippen molar-refractivity contribution in [3.8, 4) is 0 Å². The predicted octanol–water partition coefficient (Wildman–Crippen LogP) is 2.57. The van der Waals surface area contributed by atoms with Crippen molar-refractivity contribution >= 4 is 13.7 Å². The summed E-state index contributed by atoms with van der Waals surface area (Å²) in [6, 6.07) is 0. The first-order chi connectivity index (χ1) is 7.35. The van der Waals surface area contributed by atoms with Crippen LogP contribution in [0.1, 0.15) is 40.5 Å². The van der Waals surface area contributed by atoms with Crippen LogP contribution in [0.4, 0.5) is 0 Å². The highest BCUT2D eigenvalue weighted by Crippen LogP contribution is 2.55. The van der Waals surface area contributed by atoms with Gasteiger partial charge in [0.2, 0.25) is 5.91 Å². The van der Waals surface area contributed by atoms with Crippen molar-refractivity contribution in [3.63, 3.8) is 0 Å². The molecule has 0 atom stereocenters. The van der Waals surface area contributed by atoms with E-state index in [-0.39, 0.29) is 18.1 Å². The Balaban J connectivity index is 2.85. The Morgan fingerprint density at radius 3 is 2.00 bits per heavy atom. The van der Waals surface area contributed by atoms with Crippen LogP contribution in [0.15, 0.2) is 0 Å². The summed E-state index contributed by atoms with van der Waals surface area (Å²) in [5.41, 5.74) is 0. The van der Waals surface area contributed by atoms with Gasteiger partial charge in [0.1, 0.15) is 0 Å². The van der Waals surface area contributed by atoms with Crippen LogP contribution in [0, 0.1) is 0 Å². The van der Waals surface area contributed by atoms with E-state index >= 15 is 0 Å². The highest BCUT2D eigenvalue weighted by molar-refractivity contribution is 7.52. The summed E-state index contributed by atoms with van der Waals surface area (Å²) < 4.78 is 24.4. The first kappa shape index (κ1) is 13.7. The summed E-state index contributed by atoms with van der Waals surface area (Å²) >= 11 is 0. The van der Waals surface area contributed by atoms with Gasteiger partial charge < -0.3 is 0 Å². The predicted molar refractivity (Wildman–Crippen MR) is 61.0 cm³/mol. The fourth-order valence-corrected chi connectivity index (χ4v) is 3.67. The highest BCUT2D eigenvalue weighted by atomic mass is 31.2. The minimum absolute atomic E-state index is 0.148. The van der Waals surface area contributed by atoms with Gasteiger partial charge in [-0.2, -0.15) is 0 Å². The molecule has 1 aliphatic rings. The van der Waals surface area contributed by atoms with Crippen LogP contribution in [0.5, 0.6) is 0 Å². The van der Waals surface area contributed by atoms with E-state index in [1.54, 1.807) is 27.7 Å². The van der Waals surface area contributed by atoms with Gasteiger partial charge in [-0.1, -0.05) is 0 Å². The van der Waals surface area contributed by atoms with Crippen molar-refractivity contribution in [2.45, 2.75) is 52.7 Å². The third kappa shape index (κ3) is 3.30. The largest absolute Gasteiger partial charge is 0.437 e. The molecule has 0 unspecified atom stereocenters. The molecular weight excluding hydrogens is 229 g/mol. The fourth-order valence-electron chi connectivity index (χ4n) is 1.56. The van der Waals surface area contributed by atoms with Gasteiger partial charge >= 0.3 is 7.75 Å². The maximum Gasteiger partial charge on any atom is 0.437 e. The molecule has 0 aromatic carbocycles. The van der Waals surface area contributed by atoms with Crippen LogP contribution in [0.25, 0.3) is 0 Å². The summed E-state index contributed by atoms with van der Waals surface area (Å²) in [7, 11) is -3.45. The first-order valence-corrected chi connectivity index (χ1v) is 7.12. The van der Waals surface area contributed by atoms with Crippen LogP contribution < -0.4 is 0 Å². The molecule has 1 aliphatic heterocycles. The van der Waals surface area contributed by atoms with Gasteiger partial charge in [0.25, 0.3) is 0 Å². The summed E-state index contributed by atoms with van der Waals surface area (Å²) in [6.07, 6.45) is 0.662. The Labute approximate surface area is 96.7 Å². The molecular formula is C10H20NO4P. The number of nitrogens with zero attached hydrogens (tertiary/aromatic N) is 1. The number of carbonyl (C=O) groups is 1. The SMILES string of the molecule is CC(C)OP(=O)(OC(C)C)N1CCCC1=O. The molecule has 0 saturated carbocycles. The maximum atomic E-state index is 12.5. The Morgan fingerprint density at radius 1 is 1.19 bits per heavy atom. The average molecular weight is 249 g/mol. The lowest BCUT2D eigenvalue weighted by Gasteiger charge is -2.29. The molecule has 1 fully saturated rings. The Morgan fingerprint density at radius 2 is 1.69 bits per heavy atom. The molecule has 0 spiro atoms. The summed E-state index contributed by atoms with van der Waals surface area (Å²) in [4.78, 5) is 11.6. The minimum Gasteiger partial charge on any atom is -0.289 e. The van der Waals surface area contributed by atoms with Crippen molar-refractivity contribution in [3.05, 3.63) is 0 Å². The van der Waals surface area contributed by atoms with Crippen LogP contribution in [-0.2, 0) is 18.4 Å². The monoisotopic (exact) mass is 249 g/mol. The summed E-state index contributed by atoms with van der Waals surface area (Å²) in [6.45, 7) is 7.55. The van der Waals surface area contributed by atoms with E-state index in [1.165, 1.54) is 4.67 Å². The van der Waals surface area contributed by atoms with E-state index in [9.17, 15) is 9.36 Å². The lowest BCUT2D eigenvalue weighted by Crippen LogP contribution is -2.26. The Bertz CT molecular complexity index is 289. The fraction of sp³-hybridized carbons (Fsp3) is 0.900. The molecule has 1 heterocycles. The Hall–Kier alpha value is -0.380. The molecule has 0 N–H and O–H groups in total. The normalized spacial score (nSPS) is 17.9. The van der Waals surface area contributed by atoms with Gasteiger partial charge in [-0.05, 0) is 34.1 Å². The first-order valence-electron chi connectivity index (χ1n) is 5.63. The van der Waals surface area contributed by atoms with Gasteiger partial charge in [0.05, 0.1) is 12.2 Å². The summed E-state index contributed by atoms with van der Waals surface area (Å²) in [5.74, 6) is -0.148. The zero-order chi connectivity index (χ0) is 12.3. The molecule has 16 heavy (non-hydrogen) atoms. The molecule has 5 nitrogen and oxygen atoms in total. The van der Waals surface area contributed by atoms with E-state index in [0.717, 1.165) is 0 Å². The third-order valence-corrected chi connectivity index (χ3v) is 4.42. The van der Waals surface area contributed by atoms with Gasteiger partial charge in [0.15, 0.2) is 0 Å². The lowest BCUT2D eigenvalue weighted by atomic mass is 10.4. The molecule has 94 valence electrons. The van der Waals surface area contributed by atoms with E-state index in [1.807, 2.05) is 0 Å². The number of hydrogen-bond acceptors (Lipinski definition) is 4. The quantitative estimate of drug-likeness (QED) is 0.703. The zero-order valence-electron chi connectivity index (χ0n) is 10.3. The van der Waals surface area contributed by atoms with Crippen molar-refractivity contribution in [1.29, 1.82) is 0 Å². The second-order valence-electron chi connectivity index (χ2n) is 4.40. The van der Waals surface area contributed by atoms with Crippen molar-refractivity contribution in [2.75, 3.05) is 6.54 Å². The zero-order valence-corrected chi connectivity index (χ0v) is 11.2.